The Hall–Kier alpha value is -3.72. The van der Waals surface area contributed by atoms with Crippen molar-refractivity contribution < 1.29 is 8.78 Å². The molecule has 4 rings (SSSR count). The van der Waals surface area contributed by atoms with Gasteiger partial charge in [-0.05, 0) is 71.1 Å². The minimum absolute atomic E-state index is 0.310. The quantitative estimate of drug-likeness (QED) is 0.318. The molecule has 0 saturated heterocycles. The second kappa shape index (κ2) is 7.72. The van der Waals surface area contributed by atoms with Crippen molar-refractivity contribution in [2.45, 2.75) is 0 Å². The van der Waals surface area contributed by atoms with Gasteiger partial charge in [-0.3, -0.25) is 0 Å². The molecule has 142 valence electrons. The molecule has 3 heteroatoms. The molecule has 0 N–H and O–H groups in total. The number of nitrogens with zero attached hydrogens (tertiary/aromatic N) is 1. The van der Waals surface area contributed by atoms with E-state index >= 15 is 0 Å². The van der Waals surface area contributed by atoms with E-state index in [0.29, 0.717) is 0 Å². The molecule has 0 spiro atoms. The summed E-state index contributed by atoms with van der Waals surface area (Å²) in [6.07, 6.45) is 1.74. The number of allylic oxidation sites excluding steroid dienone is 2. The Bertz CT molecular complexity index is 1150. The van der Waals surface area contributed by atoms with Gasteiger partial charge < -0.3 is 4.90 Å². The molecule has 1 nitrogen and oxygen atoms in total. The van der Waals surface area contributed by atoms with Gasteiger partial charge in [0.15, 0.2) is 0 Å². The number of hydrogen-bond acceptors (Lipinski definition) is 1. The van der Waals surface area contributed by atoms with Gasteiger partial charge in [-0.15, -0.1) is 0 Å². The first-order valence-corrected chi connectivity index (χ1v) is 9.23. The van der Waals surface area contributed by atoms with Crippen LogP contribution >= 0.6 is 0 Å². The fourth-order valence-corrected chi connectivity index (χ4v) is 3.48. The summed E-state index contributed by atoms with van der Waals surface area (Å²) in [4.78, 5) is 1.99. The summed E-state index contributed by atoms with van der Waals surface area (Å²) in [6, 6.07) is 24.5. The average molecular weight is 383 g/mol. The first-order chi connectivity index (χ1) is 14.1. The van der Waals surface area contributed by atoms with Crippen LogP contribution in [0, 0.1) is 11.6 Å². The summed E-state index contributed by atoms with van der Waals surface area (Å²) in [5.74, 6) is -0.620. The van der Waals surface area contributed by atoms with E-state index in [1.807, 2.05) is 41.3 Å². The lowest BCUT2D eigenvalue weighted by atomic mass is 9.97. The lowest BCUT2D eigenvalue weighted by Gasteiger charge is -2.27. The van der Waals surface area contributed by atoms with Crippen LogP contribution in [-0.4, -0.2) is 0 Å². The maximum absolute atomic E-state index is 13.6. The second-order valence-electron chi connectivity index (χ2n) is 6.70. The molecule has 0 unspecified atom stereocenters. The van der Waals surface area contributed by atoms with Crippen molar-refractivity contribution in [3.8, 4) is 0 Å². The van der Waals surface area contributed by atoms with E-state index in [4.69, 9.17) is 0 Å². The summed E-state index contributed by atoms with van der Waals surface area (Å²) in [7, 11) is 0. The third-order valence-corrected chi connectivity index (χ3v) is 4.90. The van der Waals surface area contributed by atoms with Crippen molar-refractivity contribution in [3.63, 3.8) is 0 Å². The van der Waals surface area contributed by atoms with Crippen LogP contribution in [0.1, 0.15) is 5.56 Å². The van der Waals surface area contributed by atoms with Gasteiger partial charge in [-0.1, -0.05) is 49.6 Å². The van der Waals surface area contributed by atoms with Gasteiger partial charge in [0.25, 0.3) is 0 Å². The van der Waals surface area contributed by atoms with Gasteiger partial charge in [0, 0.05) is 16.8 Å². The van der Waals surface area contributed by atoms with Gasteiger partial charge in [0.2, 0.25) is 0 Å². The van der Waals surface area contributed by atoms with Gasteiger partial charge in [0.05, 0.1) is 5.69 Å². The van der Waals surface area contributed by atoms with E-state index in [2.05, 4.69) is 13.2 Å². The van der Waals surface area contributed by atoms with Crippen LogP contribution in [0.15, 0.2) is 104 Å². The third kappa shape index (κ3) is 3.55. The molecule has 4 aromatic carbocycles. The fraction of sp³-hybridized carbons (Fsp3) is 0. The van der Waals surface area contributed by atoms with Gasteiger partial charge in [-0.2, -0.15) is 0 Å². The second-order valence-corrected chi connectivity index (χ2v) is 6.70. The molecule has 4 aromatic rings. The van der Waals surface area contributed by atoms with E-state index in [1.54, 1.807) is 30.3 Å². The molecule has 0 bridgehead atoms. The Labute approximate surface area is 168 Å². The predicted octanol–water partition coefficient (Wildman–Crippen LogP) is 7.79. The zero-order valence-electron chi connectivity index (χ0n) is 15.8. The Morgan fingerprint density at radius 2 is 1.21 bits per heavy atom. The highest BCUT2D eigenvalue weighted by molar-refractivity contribution is 6.04. The number of hydrogen-bond donors (Lipinski definition) is 0. The first kappa shape index (κ1) is 18.6. The highest BCUT2D eigenvalue weighted by Gasteiger charge is 2.17. The fourth-order valence-electron chi connectivity index (χ4n) is 3.48. The van der Waals surface area contributed by atoms with Crippen molar-refractivity contribution >= 4 is 33.4 Å². The van der Waals surface area contributed by atoms with Crippen molar-refractivity contribution in [1.29, 1.82) is 0 Å². The van der Waals surface area contributed by atoms with E-state index < -0.39 is 0 Å². The summed E-state index contributed by atoms with van der Waals surface area (Å²) < 4.78 is 27.1. The lowest BCUT2D eigenvalue weighted by molar-refractivity contribution is 0.628. The van der Waals surface area contributed by atoms with Crippen LogP contribution in [0.4, 0.5) is 25.8 Å². The SMILES string of the molecule is C=CC(=C)c1ccc(N(c2ccc(F)cc2)c2ccc(F)cc2)c2ccccc12. The van der Waals surface area contributed by atoms with Gasteiger partial charge in [0.1, 0.15) is 11.6 Å². The first-order valence-electron chi connectivity index (χ1n) is 9.23. The topological polar surface area (TPSA) is 3.24 Å². The van der Waals surface area contributed by atoms with Gasteiger partial charge in [-0.25, -0.2) is 8.78 Å². The average Bonchev–Trinajstić information content (AvgIpc) is 2.76. The smallest absolute Gasteiger partial charge is 0.123 e. The number of anilines is 3. The summed E-state index contributed by atoms with van der Waals surface area (Å²) in [5, 5.41) is 2.03. The Morgan fingerprint density at radius 1 is 0.690 bits per heavy atom. The standard InChI is InChI=1S/C26H19F2N/c1-3-18(2)23-16-17-26(25-7-5-4-6-24(23)25)29(21-12-8-19(27)9-13-21)22-14-10-20(28)11-15-22/h3-17H,1-2H2. The number of benzene rings is 4. The van der Waals surface area contributed by atoms with Crippen molar-refractivity contribution in [2.24, 2.45) is 0 Å². The zero-order chi connectivity index (χ0) is 20.4. The van der Waals surface area contributed by atoms with Crippen molar-refractivity contribution in [3.05, 3.63) is 121 Å². The molecule has 0 amide bonds. The number of fused-ring (bicyclic) bond motifs is 1. The summed E-state index contributed by atoms with van der Waals surface area (Å²) in [5.41, 5.74) is 4.29. The Morgan fingerprint density at radius 3 is 1.72 bits per heavy atom. The zero-order valence-corrected chi connectivity index (χ0v) is 15.8. The molecular weight excluding hydrogens is 364 g/mol. The molecule has 0 aliphatic carbocycles. The maximum Gasteiger partial charge on any atom is 0.123 e. The molecule has 0 aliphatic heterocycles. The molecule has 0 fully saturated rings. The van der Waals surface area contributed by atoms with Crippen molar-refractivity contribution in [2.75, 3.05) is 4.90 Å². The normalized spacial score (nSPS) is 10.7. The molecule has 0 aliphatic rings. The molecule has 0 atom stereocenters. The third-order valence-electron chi connectivity index (χ3n) is 4.90. The van der Waals surface area contributed by atoms with Crippen LogP contribution in [0.3, 0.4) is 0 Å². The van der Waals surface area contributed by atoms with E-state index in [9.17, 15) is 8.78 Å². The molecule has 29 heavy (non-hydrogen) atoms. The largest absolute Gasteiger partial charge is 0.310 e. The van der Waals surface area contributed by atoms with Crippen LogP contribution in [0.25, 0.3) is 16.3 Å². The number of rotatable bonds is 5. The predicted molar refractivity (Wildman–Crippen MR) is 118 cm³/mol. The lowest BCUT2D eigenvalue weighted by Crippen LogP contribution is -2.11. The maximum atomic E-state index is 13.6. The Kier molecular flexibility index (Phi) is 4.96. The minimum Gasteiger partial charge on any atom is -0.310 e. The summed E-state index contributed by atoms with van der Waals surface area (Å²) >= 11 is 0. The Balaban J connectivity index is 1.99. The van der Waals surface area contributed by atoms with E-state index in [1.165, 1.54) is 24.3 Å². The summed E-state index contributed by atoms with van der Waals surface area (Å²) in [6.45, 7) is 7.92. The molecular formula is C26H19F2N. The van der Waals surface area contributed by atoms with E-state index in [-0.39, 0.29) is 11.6 Å². The molecule has 0 aromatic heterocycles. The molecule has 0 heterocycles. The van der Waals surface area contributed by atoms with E-state index in [0.717, 1.165) is 39.0 Å². The van der Waals surface area contributed by atoms with Crippen LogP contribution in [0.2, 0.25) is 0 Å². The van der Waals surface area contributed by atoms with Crippen LogP contribution in [0.5, 0.6) is 0 Å². The highest BCUT2D eigenvalue weighted by atomic mass is 19.1. The minimum atomic E-state index is -0.310. The van der Waals surface area contributed by atoms with Crippen LogP contribution in [-0.2, 0) is 0 Å². The molecule has 0 radical (unpaired) electrons. The monoisotopic (exact) mass is 383 g/mol. The van der Waals surface area contributed by atoms with Crippen molar-refractivity contribution in [1.82, 2.24) is 0 Å². The number of halogens is 2. The van der Waals surface area contributed by atoms with Crippen LogP contribution < -0.4 is 4.90 Å². The molecule has 0 saturated carbocycles. The van der Waals surface area contributed by atoms with Gasteiger partial charge >= 0.3 is 0 Å². The highest BCUT2D eigenvalue weighted by Crippen LogP contribution is 2.40.